The normalized spacial score (nSPS) is 10.4. The Morgan fingerprint density at radius 1 is 1.67 bits per heavy atom. The lowest BCUT2D eigenvalue weighted by Crippen LogP contribution is -1.92. The molecule has 0 aromatic carbocycles. The molecule has 0 aromatic heterocycles. The Hall–Kier alpha value is -0.590. The highest BCUT2D eigenvalue weighted by atomic mass is 16.1. The molecule has 0 heterocycles. The van der Waals surface area contributed by atoms with E-state index in [9.17, 15) is 4.79 Å². The predicted molar refractivity (Wildman–Crippen MR) is 39.0 cm³/mol. The zero-order valence-corrected chi connectivity index (χ0v) is 5.89. The summed E-state index contributed by atoms with van der Waals surface area (Å²) < 4.78 is 0. The van der Waals surface area contributed by atoms with Crippen molar-refractivity contribution in [2.24, 2.45) is 0 Å². The molecule has 0 fully saturated rings. The van der Waals surface area contributed by atoms with Crippen LogP contribution in [0.25, 0.3) is 0 Å². The highest BCUT2D eigenvalue weighted by molar-refractivity contribution is 5.79. The van der Waals surface area contributed by atoms with Crippen LogP contribution in [0.1, 0.15) is 26.2 Å². The maximum atomic E-state index is 10.7. The number of rotatable bonds is 4. The van der Waals surface area contributed by atoms with E-state index >= 15 is 0 Å². The SMILES string of the molecule is [CH2]C=CCC(=O)CCC. The molecule has 0 amide bonds. The molecule has 0 saturated carbocycles. The fourth-order valence-corrected chi connectivity index (χ4v) is 0.596. The molecule has 0 saturated heterocycles. The minimum absolute atomic E-state index is 0.303. The standard InChI is InChI=1S/C8H13O/c1-3-5-7-8(9)6-4-2/h3,5H,1,4,6-7H2,2H3. The number of carbonyl (C=O) groups excluding carboxylic acids is 1. The van der Waals surface area contributed by atoms with Gasteiger partial charge in [-0.2, -0.15) is 0 Å². The monoisotopic (exact) mass is 125 g/mol. The van der Waals surface area contributed by atoms with E-state index in [1.165, 1.54) is 0 Å². The van der Waals surface area contributed by atoms with Crippen LogP contribution in [0.15, 0.2) is 12.2 Å². The summed E-state index contributed by atoms with van der Waals surface area (Å²) in [6.07, 6.45) is 5.65. The second-order valence-electron chi connectivity index (χ2n) is 1.96. The Morgan fingerprint density at radius 2 is 2.33 bits per heavy atom. The molecule has 1 radical (unpaired) electrons. The van der Waals surface area contributed by atoms with Crippen LogP contribution >= 0.6 is 0 Å². The first-order valence-corrected chi connectivity index (χ1v) is 3.27. The summed E-state index contributed by atoms with van der Waals surface area (Å²) in [6.45, 7) is 5.49. The van der Waals surface area contributed by atoms with Gasteiger partial charge < -0.3 is 0 Å². The van der Waals surface area contributed by atoms with Crippen LogP contribution in [-0.4, -0.2) is 5.78 Å². The molecule has 0 unspecified atom stereocenters. The van der Waals surface area contributed by atoms with Gasteiger partial charge in [0.1, 0.15) is 5.78 Å². The van der Waals surface area contributed by atoms with E-state index in [1.54, 1.807) is 12.2 Å². The van der Waals surface area contributed by atoms with E-state index in [1.807, 2.05) is 6.92 Å². The van der Waals surface area contributed by atoms with Gasteiger partial charge in [-0.05, 0) is 13.3 Å². The van der Waals surface area contributed by atoms with Crippen molar-refractivity contribution in [2.45, 2.75) is 26.2 Å². The summed E-state index contributed by atoms with van der Waals surface area (Å²) in [4.78, 5) is 10.7. The first-order valence-electron chi connectivity index (χ1n) is 3.27. The fourth-order valence-electron chi connectivity index (χ4n) is 0.596. The highest BCUT2D eigenvalue weighted by Crippen LogP contribution is 1.94. The maximum Gasteiger partial charge on any atom is 0.136 e. The molecule has 0 rings (SSSR count). The summed E-state index contributed by atoms with van der Waals surface area (Å²) in [5, 5.41) is 0. The number of hydrogen-bond donors (Lipinski definition) is 0. The van der Waals surface area contributed by atoms with Gasteiger partial charge in [0.15, 0.2) is 0 Å². The molecule has 1 heteroatoms. The van der Waals surface area contributed by atoms with Crippen LogP contribution in [0.5, 0.6) is 0 Å². The van der Waals surface area contributed by atoms with Gasteiger partial charge in [-0.1, -0.05) is 19.1 Å². The Morgan fingerprint density at radius 3 is 2.78 bits per heavy atom. The lowest BCUT2D eigenvalue weighted by atomic mass is 10.2. The third-order valence-corrected chi connectivity index (χ3v) is 1.04. The number of allylic oxidation sites excluding steroid dienone is 2. The molecule has 0 aliphatic carbocycles. The molecule has 9 heavy (non-hydrogen) atoms. The average molecular weight is 125 g/mol. The maximum absolute atomic E-state index is 10.7. The number of hydrogen-bond acceptors (Lipinski definition) is 1. The second-order valence-corrected chi connectivity index (χ2v) is 1.96. The van der Waals surface area contributed by atoms with Gasteiger partial charge in [-0.3, -0.25) is 4.79 Å². The van der Waals surface area contributed by atoms with Crippen LogP contribution in [0.3, 0.4) is 0 Å². The molecule has 0 aliphatic heterocycles. The number of Topliss-reactive ketones (excluding diaryl/α,β-unsaturated/α-hetero) is 1. The summed E-state index contributed by atoms with van der Waals surface area (Å²) in [5.41, 5.74) is 0. The van der Waals surface area contributed by atoms with Crippen LogP contribution in [-0.2, 0) is 4.79 Å². The average Bonchev–Trinajstić information content (AvgIpc) is 1.85. The van der Waals surface area contributed by atoms with Crippen LogP contribution in [0, 0.1) is 6.92 Å². The summed E-state index contributed by atoms with van der Waals surface area (Å²) in [5.74, 6) is 0.303. The molecule has 0 aromatic rings. The summed E-state index contributed by atoms with van der Waals surface area (Å²) >= 11 is 0. The lowest BCUT2D eigenvalue weighted by molar-refractivity contribution is -0.118. The van der Waals surface area contributed by atoms with Gasteiger partial charge in [0.05, 0.1) is 0 Å². The van der Waals surface area contributed by atoms with Crippen molar-refractivity contribution < 1.29 is 4.79 Å². The highest BCUT2D eigenvalue weighted by Gasteiger charge is 1.93. The zero-order valence-electron chi connectivity index (χ0n) is 5.89. The van der Waals surface area contributed by atoms with Crippen molar-refractivity contribution in [3.63, 3.8) is 0 Å². The quantitative estimate of drug-likeness (QED) is 0.562. The van der Waals surface area contributed by atoms with Crippen molar-refractivity contribution in [2.75, 3.05) is 0 Å². The van der Waals surface area contributed by atoms with Crippen molar-refractivity contribution in [3.05, 3.63) is 19.1 Å². The molecule has 0 N–H and O–H groups in total. The van der Waals surface area contributed by atoms with Crippen molar-refractivity contribution >= 4 is 5.78 Å². The third kappa shape index (κ3) is 5.28. The predicted octanol–water partition coefficient (Wildman–Crippen LogP) is 2.14. The summed E-state index contributed by atoms with van der Waals surface area (Å²) in [7, 11) is 0. The topological polar surface area (TPSA) is 17.1 Å². The third-order valence-electron chi connectivity index (χ3n) is 1.04. The zero-order chi connectivity index (χ0) is 7.11. The van der Waals surface area contributed by atoms with E-state index in [0.29, 0.717) is 18.6 Å². The fraction of sp³-hybridized carbons (Fsp3) is 0.500. The Kier molecular flexibility index (Phi) is 5.18. The molecule has 0 atom stereocenters. The number of ketones is 1. The molecule has 51 valence electrons. The number of carbonyl (C=O) groups is 1. The second kappa shape index (κ2) is 5.54. The van der Waals surface area contributed by atoms with Crippen molar-refractivity contribution in [1.82, 2.24) is 0 Å². The van der Waals surface area contributed by atoms with Gasteiger partial charge in [0.25, 0.3) is 0 Å². The van der Waals surface area contributed by atoms with Crippen LogP contribution < -0.4 is 0 Å². The first-order chi connectivity index (χ1) is 4.31. The largest absolute Gasteiger partial charge is 0.299 e. The smallest absolute Gasteiger partial charge is 0.136 e. The van der Waals surface area contributed by atoms with Crippen LogP contribution in [0.4, 0.5) is 0 Å². The van der Waals surface area contributed by atoms with E-state index in [0.717, 1.165) is 6.42 Å². The van der Waals surface area contributed by atoms with E-state index < -0.39 is 0 Å². The molecular formula is C8H13O. The van der Waals surface area contributed by atoms with Crippen molar-refractivity contribution in [3.8, 4) is 0 Å². The Balaban J connectivity index is 3.27. The van der Waals surface area contributed by atoms with Crippen molar-refractivity contribution in [1.29, 1.82) is 0 Å². The van der Waals surface area contributed by atoms with Crippen LogP contribution in [0.2, 0.25) is 0 Å². The van der Waals surface area contributed by atoms with E-state index in [4.69, 9.17) is 0 Å². The lowest BCUT2D eigenvalue weighted by Gasteiger charge is -1.89. The van der Waals surface area contributed by atoms with E-state index in [-0.39, 0.29) is 0 Å². The van der Waals surface area contributed by atoms with E-state index in [2.05, 4.69) is 6.92 Å². The molecule has 1 nitrogen and oxygen atoms in total. The van der Waals surface area contributed by atoms with Gasteiger partial charge in [-0.15, -0.1) is 0 Å². The first kappa shape index (κ1) is 8.41. The van der Waals surface area contributed by atoms with Gasteiger partial charge in [0, 0.05) is 12.8 Å². The van der Waals surface area contributed by atoms with Gasteiger partial charge in [-0.25, -0.2) is 0 Å². The minimum atomic E-state index is 0.303. The molecule has 0 aliphatic rings. The minimum Gasteiger partial charge on any atom is -0.299 e. The Bertz CT molecular complexity index is 103. The van der Waals surface area contributed by atoms with Gasteiger partial charge >= 0.3 is 0 Å². The van der Waals surface area contributed by atoms with Gasteiger partial charge in [0.2, 0.25) is 0 Å². The summed E-state index contributed by atoms with van der Waals surface area (Å²) in [6, 6.07) is 0. The molecule has 0 spiro atoms. The molecular weight excluding hydrogens is 112 g/mol. The molecule has 0 bridgehead atoms. The Labute approximate surface area is 56.8 Å².